The molecular formula is C18H21BrO2. The molecule has 2 rings (SSSR count). The quantitative estimate of drug-likeness (QED) is 0.845. The van der Waals surface area contributed by atoms with Crippen LogP contribution in [0.3, 0.4) is 0 Å². The summed E-state index contributed by atoms with van der Waals surface area (Å²) in [6.07, 6.45) is 0.435. The van der Waals surface area contributed by atoms with Crippen LogP contribution in [0.1, 0.15) is 36.6 Å². The Kier molecular flexibility index (Phi) is 5.43. The van der Waals surface area contributed by atoms with Gasteiger partial charge in [-0.25, -0.2) is 0 Å². The van der Waals surface area contributed by atoms with Crippen LogP contribution in [-0.2, 0) is 6.42 Å². The molecule has 0 aliphatic carbocycles. The molecule has 0 bridgehead atoms. The van der Waals surface area contributed by atoms with Gasteiger partial charge in [0.1, 0.15) is 11.9 Å². The van der Waals surface area contributed by atoms with Crippen molar-refractivity contribution in [2.45, 2.75) is 26.4 Å². The Morgan fingerprint density at radius 3 is 2.19 bits per heavy atom. The van der Waals surface area contributed by atoms with E-state index in [1.807, 2.05) is 30.3 Å². The number of rotatable bonds is 5. The molecule has 0 radical (unpaired) electrons. The van der Waals surface area contributed by atoms with Crippen molar-refractivity contribution < 1.29 is 9.84 Å². The zero-order chi connectivity index (χ0) is 15.4. The van der Waals surface area contributed by atoms with Crippen molar-refractivity contribution in [1.82, 2.24) is 0 Å². The van der Waals surface area contributed by atoms with Gasteiger partial charge in [0, 0.05) is 0 Å². The molecule has 0 aromatic heterocycles. The molecule has 1 atom stereocenters. The Morgan fingerprint density at radius 1 is 1.05 bits per heavy atom. The first-order valence-electron chi connectivity index (χ1n) is 7.11. The largest absolute Gasteiger partial charge is 0.496 e. The fourth-order valence-corrected chi connectivity index (χ4v) is 2.91. The molecule has 1 unspecified atom stereocenters. The standard InChI is InChI=1S/C18H21BrO2/c1-12(2)10-13-4-6-14(7-5-13)18(20)15-8-9-17(21-3)16(19)11-15/h4-9,11-12,18,20H,10H2,1-3H3. The second kappa shape index (κ2) is 7.10. The lowest BCUT2D eigenvalue weighted by Crippen LogP contribution is -2.01. The molecule has 0 amide bonds. The number of methoxy groups -OCH3 is 1. The number of aliphatic hydroxyl groups excluding tert-OH is 1. The molecule has 2 aromatic carbocycles. The van der Waals surface area contributed by atoms with Crippen LogP contribution in [0.4, 0.5) is 0 Å². The smallest absolute Gasteiger partial charge is 0.133 e. The van der Waals surface area contributed by atoms with Crippen molar-refractivity contribution in [3.8, 4) is 5.75 Å². The number of halogens is 1. The lowest BCUT2D eigenvalue weighted by atomic mass is 9.97. The predicted octanol–water partition coefficient (Wildman–Crippen LogP) is 4.74. The van der Waals surface area contributed by atoms with Crippen LogP contribution in [-0.4, -0.2) is 12.2 Å². The van der Waals surface area contributed by atoms with E-state index in [0.717, 1.165) is 27.8 Å². The summed E-state index contributed by atoms with van der Waals surface area (Å²) in [5.74, 6) is 1.40. The molecule has 0 heterocycles. The molecule has 2 aromatic rings. The van der Waals surface area contributed by atoms with Crippen LogP contribution in [0.2, 0.25) is 0 Å². The van der Waals surface area contributed by atoms with Crippen molar-refractivity contribution in [3.63, 3.8) is 0 Å². The molecular weight excluding hydrogens is 328 g/mol. The van der Waals surface area contributed by atoms with Gasteiger partial charge in [0.05, 0.1) is 11.6 Å². The van der Waals surface area contributed by atoms with E-state index in [-0.39, 0.29) is 0 Å². The zero-order valence-corrected chi connectivity index (χ0v) is 14.2. The average molecular weight is 349 g/mol. The van der Waals surface area contributed by atoms with E-state index < -0.39 is 6.10 Å². The van der Waals surface area contributed by atoms with Gasteiger partial charge in [-0.3, -0.25) is 0 Å². The number of benzene rings is 2. The second-order valence-corrected chi connectivity index (χ2v) is 6.49. The summed E-state index contributed by atoms with van der Waals surface area (Å²) < 4.78 is 6.05. The van der Waals surface area contributed by atoms with Crippen molar-refractivity contribution in [3.05, 3.63) is 63.6 Å². The highest BCUT2D eigenvalue weighted by molar-refractivity contribution is 9.10. The average Bonchev–Trinajstić information content (AvgIpc) is 2.46. The first kappa shape index (κ1) is 16.1. The van der Waals surface area contributed by atoms with Gasteiger partial charge in [0.2, 0.25) is 0 Å². The van der Waals surface area contributed by atoms with Gasteiger partial charge in [-0.05, 0) is 57.1 Å². The van der Waals surface area contributed by atoms with Gasteiger partial charge in [-0.15, -0.1) is 0 Å². The third kappa shape index (κ3) is 4.08. The van der Waals surface area contributed by atoms with E-state index in [0.29, 0.717) is 5.92 Å². The number of ether oxygens (including phenoxy) is 1. The Bertz CT molecular complexity index is 591. The molecule has 0 fully saturated rings. The maximum Gasteiger partial charge on any atom is 0.133 e. The topological polar surface area (TPSA) is 29.5 Å². The molecule has 0 saturated heterocycles. The number of hydrogen-bond donors (Lipinski definition) is 1. The summed E-state index contributed by atoms with van der Waals surface area (Å²) in [7, 11) is 1.63. The van der Waals surface area contributed by atoms with E-state index in [9.17, 15) is 5.11 Å². The Labute approximate surface area is 134 Å². The van der Waals surface area contributed by atoms with Crippen molar-refractivity contribution >= 4 is 15.9 Å². The van der Waals surface area contributed by atoms with Crippen LogP contribution >= 0.6 is 15.9 Å². The summed E-state index contributed by atoms with van der Waals surface area (Å²) in [5, 5.41) is 10.5. The van der Waals surface area contributed by atoms with Gasteiger partial charge in [-0.1, -0.05) is 44.2 Å². The SMILES string of the molecule is COc1ccc(C(O)c2ccc(CC(C)C)cc2)cc1Br. The minimum atomic E-state index is -0.625. The highest BCUT2D eigenvalue weighted by Gasteiger charge is 2.12. The predicted molar refractivity (Wildman–Crippen MR) is 89.7 cm³/mol. The summed E-state index contributed by atoms with van der Waals surface area (Å²) in [6, 6.07) is 13.8. The molecule has 1 N–H and O–H groups in total. The van der Waals surface area contributed by atoms with E-state index in [1.54, 1.807) is 7.11 Å². The van der Waals surface area contributed by atoms with Gasteiger partial charge in [-0.2, -0.15) is 0 Å². The monoisotopic (exact) mass is 348 g/mol. The molecule has 112 valence electrons. The fourth-order valence-electron chi connectivity index (χ4n) is 2.35. The van der Waals surface area contributed by atoms with Crippen molar-refractivity contribution in [1.29, 1.82) is 0 Å². The highest BCUT2D eigenvalue weighted by Crippen LogP contribution is 2.30. The normalized spacial score (nSPS) is 12.5. The highest BCUT2D eigenvalue weighted by atomic mass is 79.9. The molecule has 21 heavy (non-hydrogen) atoms. The molecule has 3 heteroatoms. The summed E-state index contributed by atoms with van der Waals surface area (Å²) in [4.78, 5) is 0. The summed E-state index contributed by atoms with van der Waals surface area (Å²) in [6.45, 7) is 4.41. The van der Waals surface area contributed by atoms with Crippen molar-refractivity contribution in [2.75, 3.05) is 7.11 Å². The minimum Gasteiger partial charge on any atom is -0.496 e. The molecule has 2 nitrogen and oxygen atoms in total. The third-order valence-electron chi connectivity index (χ3n) is 3.43. The first-order chi connectivity index (χ1) is 10.0. The van der Waals surface area contributed by atoms with Gasteiger partial charge in [0.25, 0.3) is 0 Å². The molecule has 0 saturated carbocycles. The van der Waals surface area contributed by atoms with Gasteiger partial charge in [0.15, 0.2) is 0 Å². The van der Waals surface area contributed by atoms with Crippen molar-refractivity contribution in [2.24, 2.45) is 5.92 Å². The first-order valence-corrected chi connectivity index (χ1v) is 7.91. The summed E-state index contributed by atoms with van der Waals surface area (Å²) in [5.41, 5.74) is 3.05. The fraction of sp³-hybridized carbons (Fsp3) is 0.333. The molecule has 0 aliphatic heterocycles. The molecule has 0 aliphatic rings. The number of hydrogen-bond acceptors (Lipinski definition) is 2. The maximum absolute atomic E-state index is 10.5. The van der Waals surface area contributed by atoms with Crippen LogP contribution in [0.5, 0.6) is 5.75 Å². The lowest BCUT2D eigenvalue weighted by molar-refractivity contribution is 0.220. The van der Waals surface area contributed by atoms with E-state index in [2.05, 4.69) is 41.9 Å². The van der Waals surface area contributed by atoms with Crippen LogP contribution in [0, 0.1) is 5.92 Å². The summed E-state index contributed by atoms with van der Waals surface area (Å²) >= 11 is 3.45. The minimum absolute atomic E-state index is 0.625. The van der Waals surface area contributed by atoms with E-state index in [1.165, 1.54) is 5.56 Å². The third-order valence-corrected chi connectivity index (χ3v) is 4.05. The Morgan fingerprint density at radius 2 is 1.67 bits per heavy atom. The van der Waals surface area contributed by atoms with E-state index in [4.69, 9.17) is 4.74 Å². The lowest BCUT2D eigenvalue weighted by Gasteiger charge is -2.14. The van der Waals surface area contributed by atoms with Crippen LogP contribution in [0.15, 0.2) is 46.9 Å². The van der Waals surface area contributed by atoms with E-state index >= 15 is 0 Å². The molecule has 0 spiro atoms. The van der Waals surface area contributed by atoms with Crippen LogP contribution < -0.4 is 4.74 Å². The van der Waals surface area contributed by atoms with Gasteiger partial charge >= 0.3 is 0 Å². The van der Waals surface area contributed by atoms with Crippen LogP contribution in [0.25, 0.3) is 0 Å². The Balaban J connectivity index is 2.19. The number of aliphatic hydroxyl groups is 1. The van der Waals surface area contributed by atoms with Gasteiger partial charge < -0.3 is 9.84 Å². The second-order valence-electron chi connectivity index (χ2n) is 5.64. The Hall–Kier alpha value is -1.32. The maximum atomic E-state index is 10.5. The zero-order valence-electron chi connectivity index (χ0n) is 12.6.